The first-order valence-corrected chi connectivity index (χ1v) is 7.42. The van der Waals surface area contributed by atoms with E-state index in [0.29, 0.717) is 5.75 Å². The highest BCUT2D eigenvalue weighted by Crippen LogP contribution is 2.26. The Labute approximate surface area is 114 Å². The zero-order chi connectivity index (χ0) is 13.0. The van der Waals surface area contributed by atoms with Gasteiger partial charge in [-0.15, -0.1) is 23.1 Å². The van der Waals surface area contributed by atoms with Crippen molar-refractivity contribution in [1.82, 2.24) is 4.98 Å². The molecule has 18 heavy (non-hydrogen) atoms. The van der Waals surface area contributed by atoms with Crippen molar-refractivity contribution in [2.45, 2.75) is 17.9 Å². The number of rotatable bonds is 5. The van der Waals surface area contributed by atoms with Gasteiger partial charge in [-0.3, -0.25) is 0 Å². The van der Waals surface area contributed by atoms with Gasteiger partial charge < -0.3 is 9.90 Å². The largest absolute Gasteiger partial charge is 0.549 e. The Morgan fingerprint density at radius 3 is 2.83 bits per heavy atom. The number of aromatic nitrogens is 1. The van der Waals surface area contributed by atoms with Crippen LogP contribution in [-0.2, 0) is 10.5 Å². The van der Waals surface area contributed by atoms with Gasteiger partial charge in [0.05, 0.1) is 11.7 Å². The fourth-order valence-electron chi connectivity index (χ4n) is 1.37. The molecule has 0 aliphatic carbocycles. The molecule has 1 aromatic heterocycles. The number of nitrogens with zero attached hydrogens (tertiary/aromatic N) is 1. The lowest BCUT2D eigenvalue weighted by Gasteiger charge is -2.10. The third-order valence-corrected chi connectivity index (χ3v) is 4.48. The number of aliphatic carboxylic acids is 1. The fourth-order valence-corrected chi connectivity index (χ4v) is 3.00. The lowest BCUT2D eigenvalue weighted by Crippen LogP contribution is -2.31. The maximum absolute atomic E-state index is 10.6. The van der Waals surface area contributed by atoms with Crippen molar-refractivity contribution < 1.29 is 9.90 Å². The van der Waals surface area contributed by atoms with Crippen LogP contribution in [0.1, 0.15) is 12.6 Å². The van der Waals surface area contributed by atoms with Gasteiger partial charge in [0.1, 0.15) is 5.01 Å². The van der Waals surface area contributed by atoms with E-state index in [9.17, 15) is 9.90 Å². The minimum atomic E-state index is -1.03. The third kappa shape index (κ3) is 3.34. The standard InChI is InChI=1S/C13H13NO2S2/c1-9(13(15)16)17-7-11-8-18-12(14-11)10-5-3-2-4-6-10/h2-6,8-9H,7H2,1H3,(H,15,16)/p-1/t9-/m0/s1. The molecule has 0 amide bonds. The molecule has 0 bridgehead atoms. The van der Waals surface area contributed by atoms with Crippen LogP contribution >= 0.6 is 23.1 Å². The first-order chi connectivity index (χ1) is 8.66. The predicted octanol–water partition coefficient (Wildman–Crippen LogP) is 2.18. The van der Waals surface area contributed by atoms with Crippen LogP contribution in [0.25, 0.3) is 10.6 Å². The van der Waals surface area contributed by atoms with Crippen molar-refractivity contribution in [3.8, 4) is 10.6 Å². The molecule has 0 N–H and O–H groups in total. The molecule has 0 fully saturated rings. The lowest BCUT2D eigenvalue weighted by molar-refractivity contribution is -0.304. The summed E-state index contributed by atoms with van der Waals surface area (Å²) in [5, 5.41) is 13.0. The smallest absolute Gasteiger partial charge is 0.123 e. The minimum Gasteiger partial charge on any atom is -0.549 e. The average Bonchev–Trinajstić information content (AvgIpc) is 2.85. The van der Waals surface area contributed by atoms with Gasteiger partial charge in [-0.05, 0) is 6.92 Å². The molecule has 0 saturated heterocycles. The Kier molecular flexibility index (Phi) is 4.38. The highest BCUT2D eigenvalue weighted by molar-refractivity contribution is 7.99. The fraction of sp³-hybridized carbons (Fsp3) is 0.231. The molecule has 1 heterocycles. The zero-order valence-electron chi connectivity index (χ0n) is 9.83. The van der Waals surface area contributed by atoms with E-state index < -0.39 is 11.2 Å². The van der Waals surface area contributed by atoms with Gasteiger partial charge in [-0.25, -0.2) is 4.98 Å². The number of hydrogen-bond acceptors (Lipinski definition) is 5. The highest BCUT2D eigenvalue weighted by Gasteiger charge is 2.07. The second-order valence-electron chi connectivity index (χ2n) is 3.78. The number of hydrogen-bond donors (Lipinski definition) is 0. The minimum absolute atomic E-state index is 0.508. The number of carbonyl (C=O) groups is 1. The van der Waals surface area contributed by atoms with Crippen LogP contribution < -0.4 is 5.11 Å². The second-order valence-corrected chi connectivity index (χ2v) is 5.97. The molecule has 5 heteroatoms. The normalized spacial score (nSPS) is 12.3. The molecular formula is C13H12NO2S2-. The quantitative estimate of drug-likeness (QED) is 0.841. The number of thiazole rings is 1. The molecule has 1 atom stereocenters. The van der Waals surface area contributed by atoms with Crippen molar-refractivity contribution in [2.24, 2.45) is 0 Å². The molecule has 2 aromatic rings. The summed E-state index contributed by atoms with van der Waals surface area (Å²) in [6, 6.07) is 9.95. The van der Waals surface area contributed by atoms with Crippen molar-refractivity contribution in [3.05, 3.63) is 41.4 Å². The first kappa shape index (κ1) is 13.1. The topological polar surface area (TPSA) is 53.0 Å². The number of thioether (sulfide) groups is 1. The van der Waals surface area contributed by atoms with E-state index in [1.807, 2.05) is 35.7 Å². The summed E-state index contributed by atoms with van der Waals surface area (Å²) < 4.78 is 0. The van der Waals surface area contributed by atoms with Crippen LogP contribution in [0.3, 0.4) is 0 Å². The Balaban J connectivity index is 2.01. The Hall–Kier alpha value is -1.33. The molecule has 1 aromatic carbocycles. The van der Waals surface area contributed by atoms with Crippen LogP contribution in [0.4, 0.5) is 0 Å². The maximum Gasteiger partial charge on any atom is 0.123 e. The number of carboxylic acid groups (broad SMARTS) is 1. The summed E-state index contributed by atoms with van der Waals surface area (Å²) in [6.07, 6.45) is 0. The molecule has 0 spiro atoms. The number of benzene rings is 1. The van der Waals surface area contributed by atoms with Crippen LogP contribution in [0.5, 0.6) is 0 Å². The molecule has 0 aliphatic rings. The van der Waals surface area contributed by atoms with E-state index in [1.165, 1.54) is 11.8 Å². The third-order valence-electron chi connectivity index (χ3n) is 2.39. The molecular weight excluding hydrogens is 266 g/mol. The van der Waals surface area contributed by atoms with Gasteiger partial charge >= 0.3 is 0 Å². The molecule has 3 nitrogen and oxygen atoms in total. The zero-order valence-corrected chi connectivity index (χ0v) is 11.5. The Bertz CT molecular complexity index is 525. The van der Waals surface area contributed by atoms with E-state index in [2.05, 4.69) is 4.98 Å². The molecule has 2 rings (SSSR count). The second kappa shape index (κ2) is 6.02. The van der Waals surface area contributed by atoms with Crippen LogP contribution in [0.15, 0.2) is 35.7 Å². The van der Waals surface area contributed by atoms with E-state index >= 15 is 0 Å². The summed E-state index contributed by atoms with van der Waals surface area (Å²) in [6.45, 7) is 1.63. The van der Waals surface area contributed by atoms with Crippen molar-refractivity contribution in [3.63, 3.8) is 0 Å². The van der Waals surface area contributed by atoms with Gasteiger partial charge in [0, 0.05) is 21.9 Å². The molecule has 94 valence electrons. The van der Waals surface area contributed by atoms with E-state index in [-0.39, 0.29) is 0 Å². The molecule has 0 aliphatic heterocycles. The van der Waals surface area contributed by atoms with Crippen molar-refractivity contribution in [2.75, 3.05) is 0 Å². The van der Waals surface area contributed by atoms with Gasteiger partial charge in [-0.1, -0.05) is 30.3 Å². The number of carbonyl (C=O) groups excluding carboxylic acids is 1. The SMILES string of the molecule is C[C@H](SCc1csc(-c2ccccc2)n1)C(=O)[O-]. The Morgan fingerprint density at radius 2 is 2.17 bits per heavy atom. The van der Waals surface area contributed by atoms with Crippen LogP contribution in [-0.4, -0.2) is 16.2 Å². The maximum atomic E-state index is 10.6. The highest BCUT2D eigenvalue weighted by atomic mass is 32.2. The molecule has 0 radical (unpaired) electrons. The number of carboxylic acids is 1. The van der Waals surface area contributed by atoms with Gasteiger partial charge in [0.2, 0.25) is 0 Å². The van der Waals surface area contributed by atoms with Gasteiger partial charge in [-0.2, -0.15) is 0 Å². The molecule has 0 unspecified atom stereocenters. The van der Waals surface area contributed by atoms with E-state index in [1.54, 1.807) is 18.3 Å². The van der Waals surface area contributed by atoms with Crippen LogP contribution in [0.2, 0.25) is 0 Å². The van der Waals surface area contributed by atoms with Gasteiger partial charge in [0.15, 0.2) is 0 Å². The van der Waals surface area contributed by atoms with E-state index in [0.717, 1.165) is 16.3 Å². The summed E-state index contributed by atoms with van der Waals surface area (Å²) in [5.41, 5.74) is 2.00. The monoisotopic (exact) mass is 278 g/mol. The predicted molar refractivity (Wildman–Crippen MR) is 73.3 cm³/mol. The summed E-state index contributed by atoms with van der Waals surface area (Å²) in [5.74, 6) is -0.433. The summed E-state index contributed by atoms with van der Waals surface area (Å²) >= 11 is 2.90. The first-order valence-electron chi connectivity index (χ1n) is 5.49. The van der Waals surface area contributed by atoms with Crippen LogP contribution in [0, 0.1) is 0 Å². The summed E-state index contributed by atoms with van der Waals surface area (Å²) in [4.78, 5) is 15.1. The lowest BCUT2D eigenvalue weighted by atomic mass is 10.2. The van der Waals surface area contributed by atoms with E-state index in [4.69, 9.17) is 0 Å². The van der Waals surface area contributed by atoms with Crippen molar-refractivity contribution in [1.29, 1.82) is 0 Å². The summed E-state index contributed by atoms with van der Waals surface area (Å²) in [7, 11) is 0. The Morgan fingerprint density at radius 1 is 1.44 bits per heavy atom. The van der Waals surface area contributed by atoms with Gasteiger partial charge in [0.25, 0.3) is 0 Å². The average molecular weight is 278 g/mol. The van der Waals surface area contributed by atoms with Crippen molar-refractivity contribution >= 4 is 29.1 Å². The molecule has 0 saturated carbocycles.